The van der Waals surface area contributed by atoms with Gasteiger partial charge in [-0.15, -0.1) is 0 Å². The highest BCUT2D eigenvalue weighted by atomic mass is 16.6. The van der Waals surface area contributed by atoms with Gasteiger partial charge in [-0.2, -0.15) is 5.10 Å². The number of rotatable bonds is 9. The largest absolute Gasteiger partial charge is 0.496 e. The molecule has 1 aromatic carbocycles. The molecule has 0 N–H and O–H groups in total. The molecule has 194 valence electrons. The third-order valence-corrected chi connectivity index (χ3v) is 6.19. The van der Waals surface area contributed by atoms with Crippen molar-refractivity contribution in [2.75, 3.05) is 32.8 Å². The lowest BCUT2D eigenvalue weighted by molar-refractivity contribution is 0.0578. The molecular weight excluding hydrogens is 458 g/mol. The predicted octanol–water partition coefficient (Wildman–Crippen LogP) is 5.88. The Bertz CT molecular complexity index is 1210. The lowest BCUT2D eigenvalue weighted by atomic mass is 10.0. The number of fused-ring (bicyclic) bond motifs is 1. The van der Waals surface area contributed by atoms with Gasteiger partial charge in [0.05, 0.1) is 49.0 Å². The van der Waals surface area contributed by atoms with E-state index in [0.29, 0.717) is 37.0 Å². The maximum Gasteiger partial charge on any atom is 0.414 e. The van der Waals surface area contributed by atoms with Crippen molar-refractivity contribution >= 4 is 17.3 Å². The Labute approximate surface area is 213 Å². The third kappa shape index (κ3) is 5.28. The van der Waals surface area contributed by atoms with E-state index in [1.54, 1.807) is 26.2 Å². The molecule has 2 aromatic heterocycles. The molecule has 3 aromatic rings. The van der Waals surface area contributed by atoms with E-state index in [0.717, 1.165) is 46.6 Å². The quantitative estimate of drug-likeness (QED) is 0.369. The normalized spacial score (nSPS) is 13.6. The second-order valence-electron chi connectivity index (χ2n) is 10.2. The number of ether oxygens (including phenoxy) is 4. The summed E-state index contributed by atoms with van der Waals surface area (Å²) < 4.78 is 24.6. The monoisotopic (exact) mass is 495 g/mol. The molecule has 8 nitrogen and oxygen atoms in total. The fourth-order valence-corrected chi connectivity index (χ4v) is 4.43. The summed E-state index contributed by atoms with van der Waals surface area (Å²) in [7, 11) is 4.94. The van der Waals surface area contributed by atoms with Crippen LogP contribution in [0.5, 0.6) is 11.5 Å². The third-order valence-electron chi connectivity index (χ3n) is 6.19. The fourth-order valence-electron chi connectivity index (χ4n) is 4.43. The number of methoxy groups -OCH3 is 3. The molecule has 0 bridgehead atoms. The van der Waals surface area contributed by atoms with Crippen LogP contribution in [-0.2, 0) is 22.5 Å². The van der Waals surface area contributed by atoms with Gasteiger partial charge in [0, 0.05) is 13.7 Å². The SMILES string of the molecule is CCc1nn2c(-c3c(OC)cc(COC)cc3OC)cccc2c1N(CC1CC1)C(=O)OC(C)(C)C. The maximum absolute atomic E-state index is 13.4. The number of anilines is 1. The average Bonchev–Trinajstić information content (AvgIpc) is 3.58. The van der Waals surface area contributed by atoms with Crippen molar-refractivity contribution in [2.45, 2.75) is 59.2 Å². The smallest absolute Gasteiger partial charge is 0.414 e. The molecule has 0 radical (unpaired) electrons. The van der Waals surface area contributed by atoms with E-state index in [9.17, 15) is 4.79 Å². The first-order valence-electron chi connectivity index (χ1n) is 12.5. The Balaban J connectivity index is 1.91. The second kappa shape index (κ2) is 10.4. The minimum atomic E-state index is -0.593. The van der Waals surface area contributed by atoms with Crippen LogP contribution in [0.15, 0.2) is 30.3 Å². The summed E-state index contributed by atoms with van der Waals surface area (Å²) in [5, 5.41) is 4.98. The summed E-state index contributed by atoms with van der Waals surface area (Å²) in [6, 6.07) is 9.85. The number of nitrogens with zero attached hydrogens (tertiary/aromatic N) is 3. The van der Waals surface area contributed by atoms with Gasteiger partial charge < -0.3 is 18.9 Å². The molecule has 0 unspecified atom stereocenters. The Morgan fingerprint density at radius 3 is 2.31 bits per heavy atom. The first kappa shape index (κ1) is 25.8. The topological polar surface area (TPSA) is 74.5 Å². The molecule has 0 spiro atoms. The molecule has 1 amide bonds. The van der Waals surface area contributed by atoms with E-state index in [-0.39, 0.29) is 6.09 Å². The van der Waals surface area contributed by atoms with Crippen LogP contribution in [0.4, 0.5) is 10.5 Å². The standard InChI is InChI=1S/C28H37N3O5/c1-8-20-26(30(16-18-12-13-18)27(32)36-28(2,3)4)22-11-9-10-21(31(22)29-20)25-23(34-6)14-19(17-33-5)15-24(25)35-7/h9-11,14-15,18H,8,12-13,16-17H2,1-7H3. The number of hydrogen-bond donors (Lipinski definition) is 0. The molecule has 0 saturated heterocycles. The number of carbonyl (C=O) groups excluding carboxylic acids is 1. The van der Waals surface area contributed by atoms with Crippen molar-refractivity contribution in [2.24, 2.45) is 5.92 Å². The lowest BCUT2D eigenvalue weighted by Crippen LogP contribution is -2.38. The zero-order chi connectivity index (χ0) is 26.0. The summed E-state index contributed by atoms with van der Waals surface area (Å²) in [6.45, 7) is 8.78. The number of pyridine rings is 1. The molecule has 2 heterocycles. The van der Waals surface area contributed by atoms with Gasteiger partial charge in [-0.05, 0) is 75.8 Å². The van der Waals surface area contributed by atoms with Crippen LogP contribution in [0.3, 0.4) is 0 Å². The number of amides is 1. The zero-order valence-corrected chi connectivity index (χ0v) is 22.4. The number of aromatic nitrogens is 2. The number of hydrogen-bond acceptors (Lipinski definition) is 6. The minimum absolute atomic E-state index is 0.344. The fraction of sp³-hybridized carbons (Fsp3) is 0.500. The van der Waals surface area contributed by atoms with Crippen LogP contribution >= 0.6 is 0 Å². The molecule has 0 atom stereocenters. The predicted molar refractivity (Wildman–Crippen MR) is 140 cm³/mol. The van der Waals surface area contributed by atoms with Gasteiger partial charge in [-0.25, -0.2) is 9.31 Å². The molecule has 8 heteroatoms. The molecule has 1 fully saturated rings. The highest BCUT2D eigenvalue weighted by Crippen LogP contribution is 2.42. The zero-order valence-electron chi connectivity index (χ0n) is 22.4. The molecule has 4 rings (SSSR count). The first-order chi connectivity index (χ1) is 17.2. The molecule has 0 aliphatic heterocycles. The van der Waals surface area contributed by atoms with E-state index in [2.05, 4.69) is 6.92 Å². The Morgan fingerprint density at radius 2 is 1.78 bits per heavy atom. The molecule has 1 aliphatic carbocycles. The van der Waals surface area contributed by atoms with Crippen molar-refractivity contribution in [1.82, 2.24) is 9.61 Å². The Morgan fingerprint density at radius 1 is 1.11 bits per heavy atom. The van der Waals surface area contributed by atoms with Crippen LogP contribution in [0.25, 0.3) is 16.8 Å². The number of benzene rings is 1. The van der Waals surface area contributed by atoms with Crippen LogP contribution in [0, 0.1) is 5.92 Å². The lowest BCUT2D eigenvalue weighted by Gasteiger charge is -2.27. The van der Waals surface area contributed by atoms with Crippen molar-refractivity contribution in [3.8, 4) is 22.8 Å². The number of aryl methyl sites for hydroxylation is 1. The molecular formula is C28H37N3O5. The molecule has 36 heavy (non-hydrogen) atoms. The van der Waals surface area contributed by atoms with E-state index in [1.807, 2.05) is 55.6 Å². The molecule has 1 aliphatic rings. The average molecular weight is 496 g/mol. The van der Waals surface area contributed by atoms with Gasteiger partial charge in [-0.3, -0.25) is 4.90 Å². The van der Waals surface area contributed by atoms with Crippen molar-refractivity contribution in [1.29, 1.82) is 0 Å². The summed E-state index contributed by atoms with van der Waals surface area (Å²) in [5.41, 5.74) is 4.41. The van der Waals surface area contributed by atoms with E-state index in [1.165, 1.54) is 0 Å². The van der Waals surface area contributed by atoms with Crippen LogP contribution in [0.2, 0.25) is 0 Å². The van der Waals surface area contributed by atoms with Crippen molar-refractivity contribution < 1.29 is 23.7 Å². The number of carbonyl (C=O) groups is 1. The van der Waals surface area contributed by atoms with Gasteiger partial charge >= 0.3 is 6.09 Å². The summed E-state index contributed by atoms with van der Waals surface area (Å²) >= 11 is 0. The highest BCUT2D eigenvalue weighted by Gasteiger charge is 2.34. The van der Waals surface area contributed by atoms with Gasteiger partial charge in [0.25, 0.3) is 0 Å². The van der Waals surface area contributed by atoms with Crippen LogP contribution in [0.1, 0.15) is 51.8 Å². The van der Waals surface area contributed by atoms with Crippen LogP contribution in [-0.4, -0.2) is 49.2 Å². The minimum Gasteiger partial charge on any atom is -0.496 e. The van der Waals surface area contributed by atoms with Gasteiger partial charge in [0.1, 0.15) is 17.1 Å². The first-order valence-corrected chi connectivity index (χ1v) is 12.5. The Hall–Kier alpha value is -3.26. The van der Waals surface area contributed by atoms with E-state index < -0.39 is 5.60 Å². The Kier molecular flexibility index (Phi) is 7.45. The highest BCUT2D eigenvalue weighted by molar-refractivity contribution is 5.95. The van der Waals surface area contributed by atoms with E-state index in [4.69, 9.17) is 24.0 Å². The van der Waals surface area contributed by atoms with Crippen LogP contribution < -0.4 is 14.4 Å². The summed E-state index contributed by atoms with van der Waals surface area (Å²) in [6.07, 6.45) is 2.56. The summed E-state index contributed by atoms with van der Waals surface area (Å²) in [5.74, 6) is 1.80. The van der Waals surface area contributed by atoms with E-state index >= 15 is 0 Å². The summed E-state index contributed by atoms with van der Waals surface area (Å²) in [4.78, 5) is 15.2. The maximum atomic E-state index is 13.4. The van der Waals surface area contributed by atoms with Gasteiger partial charge in [-0.1, -0.05) is 13.0 Å². The van der Waals surface area contributed by atoms with Crippen molar-refractivity contribution in [3.05, 3.63) is 41.6 Å². The second-order valence-corrected chi connectivity index (χ2v) is 10.2. The van der Waals surface area contributed by atoms with Gasteiger partial charge in [0.2, 0.25) is 0 Å². The molecule has 1 saturated carbocycles. The van der Waals surface area contributed by atoms with Crippen molar-refractivity contribution in [3.63, 3.8) is 0 Å². The van der Waals surface area contributed by atoms with Gasteiger partial charge in [0.15, 0.2) is 0 Å².